The number of fused-ring (bicyclic) bond motifs is 1. The van der Waals surface area contributed by atoms with Gasteiger partial charge in [-0.15, -0.1) is 0 Å². The lowest BCUT2D eigenvalue weighted by Gasteiger charge is -2.08. The van der Waals surface area contributed by atoms with Crippen molar-refractivity contribution < 1.29 is 9.90 Å². The molecule has 0 saturated carbocycles. The van der Waals surface area contributed by atoms with E-state index in [2.05, 4.69) is 31.2 Å². The summed E-state index contributed by atoms with van der Waals surface area (Å²) in [5.41, 5.74) is 0.555. The van der Waals surface area contributed by atoms with E-state index in [-0.39, 0.29) is 18.7 Å². The molecule has 6 heteroatoms. The van der Waals surface area contributed by atoms with Crippen molar-refractivity contribution in [3.63, 3.8) is 0 Å². The fraction of sp³-hybridized carbons (Fsp3) is 0.0625. The van der Waals surface area contributed by atoms with Crippen LogP contribution in [0.4, 0.5) is 5.82 Å². The van der Waals surface area contributed by atoms with Crippen molar-refractivity contribution in [3.8, 4) is 5.75 Å². The number of aromatic hydroxyl groups is 1. The Hall–Kier alpha value is -2.47. The smallest absolute Gasteiger partial charge is 0.260 e. The maximum atomic E-state index is 12.2. The summed E-state index contributed by atoms with van der Waals surface area (Å²) in [6, 6.07) is 10.3. The molecular formula is C16H14BrN3O2. The lowest BCUT2D eigenvalue weighted by Crippen LogP contribution is -2.13. The van der Waals surface area contributed by atoms with Gasteiger partial charge in [0.05, 0.1) is 5.56 Å². The van der Waals surface area contributed by atoms with Crippen molar-refractivity contribution in [3.05, 3.63) is 58.8 Å². The van der Waals surface area contributed by atoms with Crippen LogP contribution in [0.25, 0.3) is 10.9 Å². The van der Waals surface area contributed by atoms with Gasteiger partial charge in [0.25, 0.3) is 5.91 Å². The third-order valence-electron chi connectivity index (χ3n) is 2.96. The zero-order valence-corrected chi connectivity index (χ0v) is 12.3. The highest BCUT2D eigenvalue weighted by molar-refractivity contribution is 9.10. The normalized spacial score (nSPS) is 10.0. The van der Waals surface area contributed by atoms with Gasteiger partial charge in [0.15, 0.2) is 5.75 Å². The zero-order chi connectivity index (χ0) is 14.8. The van der Waals surface area contributed by atoms with Crippen molar-refractivity contribution in [2.45, 2.75) is 7.43 Å². The van der Waals surface area contributed by atoms with Crippen LogP contribution in [-0.4, -0.2) is 21.0 Å². The number of benzene rings is 1. The van der Waals surface area contributed by atoms with E-state index in [0.29, 0.717) is 11.3 Å². The summed E-state index contributed by atoms with van der Waals surface area (Å²) >= 11 is 3.27. The summed E-state index contributed by atoms with van der Waals surface area (Å²) in [6.07, 6.45) is 3.15. The fourth-order valence-electron chi connectivity index (χ4n) is 1.95. The molecule has 0 aliphatic heterocycles. The molecule has 0 saturated heterocycles. The van der Waals surface area contributed by atoms with Crippen LogP contribution in [0, 0.1) is 0 Å². The Morgan fingerprint density at radius 3 is 2.68 bits per heavy atom. The summed E-state index contributed by atoms with van der Waals surface area (Å²) in [5.74, 6) is -0.165. The minimum absolute atomic E-state index is 0. The summed E-state index contributed by atoms with van der Waals surface area (Å²) in [5, 5.41) is 13.6. The number of halogens is 1. The monoisotopic (exact) mass is 359 g/mol. The molecule has 0 fully saturated rings. The van der Waals surface area contributed by atoms with Gasteiger partial charge in [0, 0.05) is 22.3 Å². The van der Waals surface area contributed by atoms with Gasteiger partial charge in [-0.25, -0.2) is 4.98 Å². The number of phenolic OH excluding ortho intramolecular Hbond substituents is 1. The highest BCUT2D eigenvalue weighted by atomic mass is 79.9. The van der Waals surface area contributed by atoms with Crippen LogP contribution in [0.3, 0.4) is 0 Å². The number of nitrogens with zero attached hydrogens (tertiary/aromatic N) is 2. The molecule has 0 bridgehead atoms. The summed E-state index contributed by atoms with van der Waals surface area (Å²) in [6.45, 7) is 0. The molecule has 22 heavy (non-hydrogen) atoms. The first-order valence-electron chi connectivity index (χ1n) is 6.15. The average Bonchev–Trinajstić information content (AvgIpc) is 2.50. The molecule has 0 aliphatic carbocycles. The molecule has 3 rings (SSSR count). The molecule has 0 radical (unpaired) electrons. The minimum atomic E-state index is -0.435. The molecule has 1 aromatic carbocycles. The number of carbonyl (C=O) groups excluding carboxylic acids is 1. The number of pyridine rings is 2. The maximum absolute atomic E-state index is 12.2. The Labute approximate surface area is 136 Å². The highest BCUT2D eigenvalue weighted by Gasteiger charge is 2.15. The number of carbonyl (C=O) groups is 1. The van der Waals surface area contributed by atoms with Gasteiger partial charge in [-0.2, -0.15) is 0 Å². The third kappa shape index (κ3) is 3.07. The second-order valence-electron chi connectivity index (χ2n) is 4.35. The fourth-order valence-corrected chi connectivity index (χ4v) is 2.18. The number of anilines is 1. The van der Waals surface area contributed by atoms with Gasteiger partial charge < -0.3 is 10.4 Å². The number of phenols is 1. The van der Waals surface area contributed by atoms with Crippen molar-refractivity contribution in [2.24, 2.45) is 0 Å². The van der Waals surface area contributed by atoms with Gasteiger partial charge in [-0.3, -0.25) is 9.78 Å². The van der Waals surface area contributed by atoms with E-state index in [4.69, 9.17) is 0 Å². The zero-order valence-electron chi connectivity index (χ0n) is 10.7. The number of nitrogens with one attached hydrogen (secondary N) is 1. The van der Waals surface area contributed by atoms with Gasteiger partial charge in [0.2, 0.25) is 0 Å². The average molecular weight is 360 g/mol. The predicted molar refractivity (Wildman–Crippen MR) is 90.0 cm³/mol. The van der Waals surface area contributed by atoms with E-state index in [0.717, 1.165) is 9.86 Å². The first-order valence-corrected chi connectivity index (χ1v) is 6.94. The number of amides is 1. The number of hydrogen-bond donors (Lipinski definition) is 2. The van der Waals surface area contributed by atoms with Crippen molar-refractivity contribution in [2.75, 3.05) is 5.32 Å². The molecule has 5 nitrogen and oxygen atoms in total. The molecule has 3 aromatic rings. The van der Waals surface area contributed by atoms with E-state index in [1.54, 1.807) is 42.7 Å². The molecule has 2 N–H and O–H groups in total. The van der Waals surface area contributed by atoms with Crippen LogP contribution in [-0.2, 0) is 0 Å². The van der Waals surface area contributed by atoms with Gasteiger partial charge in [-0.05, 0) is 40.2 Å². The SMILES string of the molecule is C.O=C(Nc1ccc(Br)cn1)c1ccc2cccnc2c1O. The summed E-state index contributed by atoms with van der Waals surface area (Å²) < 4.78 is 0.818. The van der Waals surface area contributed by atoms with Crippen LogP contribution in [0.15, 0.2) is 53.3 Å². The lowest BCUT2D eigenvalue weighted by atomic mass is 10.1. The standard InChI is InChI=1S/C15H10BrN3O2.CH4/c16-10-4-6-12(18-8-10)19-15(21)11-5-3-9-2-1-7-17-13(9)14(11)20;/h1-8,20H,(H,18,19,21);1H4. The Balaban J connectivity index is 0.00000176. The van der Waals surface area contributed by atoms with E-state index in [9.17, 15) is 9.90 Å². The topological polar surface area (TPSA) is 75.1 Å². The second kappa shape index (κ2) is 6.53. The first-order chi connectivity index (χ1) is 10.1. The largest absolute Gasteiger partial charge is 0.505 e. The van der Waals surface area contributed by atoms with Crippen LogP contribution in [0.2, 0.25) is 0 Å². The molecule has 112 valence electrons. The van der Waals surface area contributed by atoms with Crippen molar-refractivity contribution in [1.82, 2.24) is 9.97 Å². The van der Waals surface area contributed by atoms with Gasteiger partial charge in [0.1, 0.15) is 11.3 Å². The van der Waals surface area contributed by atoms with E-state index in [1.807, 2.05) is 6.07 Å². The molecule has 2 aromatic heterocycles. The molecule has 0 aliphatic rings. The van der Waals surface area contributed by atoms with Crippen molar-refractivity contribution in [1.29, 1.82) is 0 Å². The van der Waals surface area contributed by atoms with E-state index in [1.165, 1.54) is 0 Å². The molecular weight excluding hydrogens is 346 g/mol. The summed E-state index contributed by atoms with van der Waals surface area (Å²) in [4.78, 5) is 20.4. The molecule has 0 atom stereocenters. The van der Waals surface area contributed by atoms with Crippen LogP contribution in [0.1, 0.15) is 17.8 Å². The number of aromatic nitrogens is 2. The first kappa shape index (κ1) is 15.9. The molecule has 1 amide bonds. The molecule has 2 heterocycles. The number of hydrogen-bond acceptors (Lipinski definition) is 4. The quantitative estimate of drug-likeness (QED) is 0.725. The predicted octanol–water partition coefficient (Wildman–Crippen LogP) is 3.99. The Bertz CT molecular complexity index is 819. The van der Waals surface area contributed by atoms with Gasteiger partial charge in [-0.1, -0.05) is 19.6 Å². The Kier molecular flexibility index (Phi) is 4.72. The minimum Gasteiger partial charge on any atom is -0.505 e. The molecule has 0 spiro atoms. The van der Waals surface area contributed by atoms with Crippen LogP contribution < -0.4 is 5.32 Å². The Morgan fingerprint density at radius 1 is 1.14 bits per heavy atom. The van der Waals surface area contributed by atoms with Crippen LogP contribution in [0.5, 0.6) is 5.75 Å². The van der Waals surface area contributed by atoms with E-state index >= 15 is 0 Å². The van der Waals surface area contributed by atoms with Crippen molar-refractivity contribution >= 4 is 38.6 Å². The van der Waals surface area contributed by atoms with E-state index < -0.39 is 5.91 Å². The summed E-state index contributed by atoms with van der Waals surface area (Å²) in [7, 11) is 0. The maximum Gasteiger partial charge on any atom is 0.260 e. The third-order valence-corrected chi connectivity index (χ3v) is 3.43. The number of rotatable bonds is 2. The van der Waals surface area contributed by atoms with Gasteiger partial charge >= 0.3 is 0 Å². The Morgan fingerprint density at radius 2 is 1.95 bits per heavy atom. The van der Waals surface area contributed by atoms with Crippen LogP contribution >= 0.6 is 15.9 Å². The highest BCUT2D eigenvalue weighted by Crippen LogP contribution is 2.27. The lowest BCUT2D eigenvalue weighted by molar-refractivity contribution is 0.102. The second-order valence-corrected chi connectivity index (χ2v) is 5.27. The molecule has 0 unspecified atom stereocenters.